The fourth-order valence-corrected chi connectivity index (χ4v) is 1.63. The summed E-state index contributed by atoms with van der Waals surface area (Å²) in [7, 11) is 0. The second-order valence-electron chi connectivity index (χ2n) is 5.90. The number of ether oxygens (including phenoxy) is 1. The van der Waals surface area contributed by atoms with E-state index in [0.717, 1.165) is 4.90 Å². The Morgan fingerprint density at radius 2 is 2.00 bits per heavy atom. The second kappa shape index (κ2) is 6.21. The van der Waals surface area contributed by atoms with E-state index in [1.807, 2.05) is 0 Å². The number of aliphatic hydroxyl groups excluding tert-OH is 1. The molecule has 0 saturated heterocycles. The first-order valence-electron chi connectivity index (χ1n) is 6.58. The van der Waals surface area contributed by atoms with Crippen molar-refractivity contribution < 1.29 is 24.2 Å². The Hall–Kier alpha value is -1.96. The van der Waals surface area contributed by atoms with Gasteiger partial charge in [-0.3, -0.25) is 4.79 Å². The van der Waals surface area contributed by atoms with Crippen LogP contribution in [0.3, 0.4) is 0 Å². The van der Waals surface area contributed by atoms with Gasteiger partial charge in [0.2, 0.25) is 0 Å². The van der Waals surface area contributed by atoms with E-state index in [4.69, 9.17) is 4.74 Å². The lowest BCUT2D eigenvalue weighted by Crippen LogP contribution is -2.54. The van der Waals surface area contributed by atoms with Crippen molar-refractivity contribution in [3.8, 4) is 0 Å². The molecule has 3 amide bonds. The molecule has 0 saturated carbocycles. The van der Waals surface area contributed by atoms with E-state index in [9.17, 15) is 19.5 Å². The molecule has 1 heterocycles. The van der Waals surface area contributed by atoms with Gasteiger partial charge in [-0.2, -0.15) is 5.10 Å². The molecule has 118 valence electrons. The molecule has 1 aliphatic rings. The Balaban J connectivity index is 3.03. The van der Waals surface area contributed by atoms with Gasteiger partial charge < -0.3 is 14.7 Å². The average Bonchev–Trinajstić information content (AvgIpc) is 2.28. The molecule has 0 aromatic rings. The molecule has 0 radical (unpaired) electrons. The van der Waals surface area contributed by atoms with Gasteiger partial charge in [0, 0.05) is 0 Å². The van der Waals surface area contributed by atoms with E-state index in [0.29, 0.717) is 5.01 Å². The van der Waals surface area contributed by atoms with Gasteiger partial charge in [-0.25, -0.2) is 9.59 Å². The summed E-state index contributed by atoms with van der Waals surface area (Å²) in [5.74, 6) is -0.237. The molecule has 1 unspecified atom stereocenters. The first-order chi connectivity index (χ1) is 9.51. The summed E-state index contributed by atoms with van der Waals surface area (Å²) in [4.78, 5) is 36.5. The van der Waals surface area contributed by atoms with Crippen molar-refractivity contribution in [2.75, 3.05) is 13.1 Å². The van der Waals surface area contributed by atoms with Crippen LogP contribution in [0.1, 0.15) is 34.6 Å². The number of nitrogens with zero attached hydrogens (tertiary/aromatic N) is 3. The van der Waals surface area contributed by atoms with E-state index < -0.39 is 23.8 Å². The summed E-state index contributed by atoms with van der Waals surface area (Å²) >= 11 is 0. The number of aliphatic hydroxyl groups is 1. The number of amides is 3. The van der Waals surface area contributed by atoms with Crippen LogP contribution in [0.4, 0.5) is 9.59 Å². The molecule has 0 aliphatic carbocycles. The van der Waals surface area contributed by atoms with Gasteiger partial charge in [0.05, 0.1) is 24.9 Å². The molecule has 1 rings (SSSR count). The predicted octanol–water partition coefficient (Wildman–Crippen LogP) is 0.985. The SMILES string of the molecule is CC(=O)CN1CC(C(C)O)=NN(C(=O)OC(C)(C)C)C1=O. The van der Waals surface area contributed by atoms with Gasteiger partial charge in [-0.1, -0.05) is 0 Å². The summed E-state index contributed by atoms with van der Waals surface area (Å²) in [5.41, 5.74) is -0.581. The van der Waals surface area contributed by atoms with Gasteiger partial charge >= 0.3 is 12.1 Å². The molecule has 1 atom stereocenters. The number of Topliss-reactive ketones (excluding diaryl/α,β-unsaturated/α-hetero) is 1. The molecule has 0 aromatic carbocycles. The largest absolute Gasteiger partial charge is 0.442 e. The zero-order chi connectivity index (χ0) is 16.4. The zero-order valence-corrected chi connectivity index (χ0v) is 12.9. The summed E-state index contributed by atoms with van der Waals surface area (Å²) in [6.07, 6.45) is -1.89. The van der Waals surface area contributed by atoms with Crippen molar-refractivity contribution in [1.82, 2.24) is 9.91 Å². The third-order valence-electron chi connectivity index (χ3n) is 2.50. The quantitative estimate of drug-likeness (QED) is 0.837. The van der Waals surface area contributed by atoms with Crippen molar-refractivity contribution in [3.05, 3.63) is 0 Å². The minimum Gasteiger partial charge on any atom is -0.442 e. The molecule has 8 heteroatoms. The fraction of sp³-hybridized carbons (Fsp3) is 0.692. The van der Waals surface area contributed by atoms with Gasteiger partial charge in [0.1, 0.15) is 11.4 Å². The van der Waals surface area contributed by atoms with E-state index in [1.165, 1.54) is 13.8 Å². The Bertz CT molecular complexity index is 479. The number of ketones is 1. The number of hydrogen-bond donors (Lipinski definition) is 1. The van der Waals surface area contributed by atoms with E-state index in [-0.39, 0.29) is 24.6 Å². The first kappa shape index (κ1) is 17.1. The number of hydrazone groups is 1. The maximum absolute atomic E-state index is 12.2. The molecule has 0 fully saturated rings. The highest BCUT2D eigenvalue weighted by Crippen LogP contribution is 2.15. The average molecular weight is 299 g/mol. The normalized spacial score (nSPS) is 17.4. The number of urea groups is 1. The topological polar surface area (TPSA) is 99.5 Å². The smallest absolute Gasteiger partial charge is 0.439 e. The Labute approximate surface area is 123 Å². The highest BCUT2D eigenvalue weighted by Gasteiger charge is 2.36. The number of hydrogen-bond acceptors (Lipinski definition) is 6. The van der Waals surface area contributed by atoms with Gasteiger partial charge in [0.15, 0.2) is 0 Å². The molecule has 1 aliphatic heterocycles. The van der Waals surface area contributed by atoms with Crippen molar-refractivity contribution in [2.45, 2.75) is 46.3 Å². The Morgan fingerprint density at radius 3 is 2.43 bits per heavy atom. The standard InChI is InChI=1S/C13H21N3O5/c1-8(17)6-15-7-10(9(2)18)14-16(11(15)19)12(20)21-13(3,4)5/h9,18H,6-7H2,1-5H3. The molecular formula is C13H21N3O5. The third-order valence-corrected chi connectivity index (χ3v) is 2.50. The van der Waals surface area contributed by atoms with Crippen LogP contribution in [-0.4, -0.2) is 63.4 Å². The summed E-state index contributed by atoms with van der Waals surface area (Å²) < 4.78 is 5.09. The van der Waals surface area contributed by atoms with E-state index in [1.54, 1.807) is 20.8 Å². The Morgan fingerprint density at radius 1 is 1.43 bits per heavy atom. The summed E-state index contributed by atoms with van der Waals surface area (Å²) in [6.45, 7) is 7.61. The monoisotopic (exact) mass is 299 g/mol. The van der Waals surface area contributed by atoms with Crippen LogP contribution in [0.25, 0.3) is 0 Å². The Kier molecular flexibility index (Phi) is 5.06. The minimum absolute atomic E-state index is 0.00459. The molecule has 21 heavy (non-hydrogen) atoms. The number of imide groups is 1. The van der Waals surface area contributed by atoms with E-state index in [2.05, 4.69) is 5.10 Å². The number of carbonyl (C=O) groups excluding carboxylic acids is 3. The molecule has 8 nitrogen and oxygen atoms in total. The predicted molar refractivity (Wildman–Crippen MR) is 74.8 cm³/mol. The first-order valence-corrected chi connectivity index (χ1v) is 6.58. The van der Waals surface area contributed by atoms with Crippen LogP contribution < -0.4 is 0 Å². The fourth-order valence-electron chi connectivity index (χ4n) is 1.63. The number of carbonyl (C=O) groups is 3. The van der Waals surface area contributed by atoms with Gasteiger partial charge in [-0.15, -0.1) is 5.01 Å². The maximum Gasteiger partial charge on any atom is 0.439 e. The highest BCUT2D eigenvalue weighted by atomic mass is 16.6. The van der Waals surface area contributed by atoms with E-state index >= 15 is 0 Å². The molecule has 1 N–H and O–H groups in total. The van der Waals surface area contributed by atoms with Crippen molar-refractivity contribution in [2.24, 2.45) is 5.10 Å². The highest BCUT2D eigenvalue weighted by molar-refractivity contribution is 6.02. The van der Waals surface area contributed by atoms with Crippen molar-refractivity contribution >= 4 is 23.6 Å². The maximum atomic E-state index is 12.2. The van der Waals surface area contributed by atoms with Crippen LogP contribution in [0.5, 0.6) is 0 Å². The van der Waals surface area contributed by atoms with Crippen LogP contribution in [0.15, 0.2) is 5.10 Å². The zero-order valence-electron chi connectivity index (χ0n) is 12.9. The molecule has 0 aromatic heterocycles. The lowest BCUT2D eigenvalue weighted by atomic mass is 10.2. The molecular weight excluding hydrogens is 278 g/mol. The van der Waals surface area contributed by atoms with Crippen LogP contribution in [0.2, 0.25) is 0 Å². The summed E-state index contributed by atoms with van der Waals surface area (Å²) in [5, 5.41) is 14.0. The molecule has 0 spiro atoms. The van der Waals surface area contributed by atoms with Gasteiger partial charge in [0.25, 0.3) is 0 Å². The van der Waals surface area contributed by atoms with Crippen molar-refractivity contribution in [1.29, 1.82) is 0 Å². The van der Waals surface area contributed by atoms with Crippen LogP contribution in [0, 0.1) is 0 Å². The third kappa shape index (κ3) is 4.82. The molecule has 0 bridgehead atoms. The number of rotatable bonds is 3. The summed E-state index contributed by atoms with van der Waals surface area (Å²) in [6, 6.07) is -0.746. The lowest BCUT2D eigenvalue weighted by Gasteiger charge is -2.33. The second-order valence-corrected chi connectivity index (χ2v) is 5.90. The van der Waals surface area contributed by atoms with Crippen LogP contribution in [-0.2, 0) is 9.53 Å². The minimum atomic E-state index is -0.947. The lowest BCUT2D eigenvalue weighted by molar-refractivity contribution is -0.117. The van der Waals surface area contributed by atoms with Crippen LogP contribution >= 0.6 is 0 Å². The van der Waals surface area contributed by atoms with Crippen molar-refractivity contribution in [3.63, 3.8) is 0 Å². The van der Waals surface area contributed by atoms with Gasteiger partial charge in [-0.05, 0) is 34.6 Å².